The highest BCUT2D eigenvalue weighted by Gasteiger charge is 2.18. The van der Waals surface area contributed by atoms with Gasteiger partial charge in [0.1, 0.15) is 17.5 Å². The SMILES string of the molecule is CC(NC(=O)c1ccc(F)c(N)c1)c1c(F)cccc1F. The lowest BCUT2D eigenvalue weighted by molar-refractivity contribution is 0.0939. The van der Waals surface area contributed by atoms with E-state index < -0.39 is 29.4 Å². The van der Waals surface area contributed by atoms with Crippen molar-refractivity contribution in [3.63, 3.8) is 0 Å². The van der Waals surface area contributed by atoms with E-state index in [9.17, 15) is 18.0 Å². The number of rotatable bonds is 3. The van der Waals surface area contributed by atoms with Crippen molar-refractivity contribution in [1.29, 1.82) is 0 Å². The van der Waals surface area contributed by atoms with E-state index in [4.69, 9.17) is 5.73 Å². The van der Waals surface area contributed by atoms with Crippen LogP contribution in [0.25, 0.3) is 0 Å². The van der Waals surface area contributed by atoms with Gasteiger partial charge >= 0.3 is 0 Å². The maximum absolute atomic E-state index is 13.6. The number of carbonyl (C=O) groups is 1. The van der Waals surface area contributed by atoms with Gasteiger partial charge in [-0.3, -0.25) is 4.79 Å². The van der Waals surface area contributed by atoms with Gasteiger partial charge in [-0.1, -0.05) is 6.07 Å². The molecule has 0 radical (unpaired) electrons. The minimum absolute atomic E-state index is 0.109. The molecule has 1 amide bonds. The Labute approximate surface area is 119 Å². The van der Waals surface area contributed by atoms with E-state index in [1.807, 2.05) is 0 Å². The highest BCUT2D eigenvalue weighted by atomic mass is 19.1. The highest BCUT2D eigenvalue weighted by molar-refractivity contribution is 5.95. The van der Waals surface area contributed by atoms with Crippen LogP contribution in [0.4, 0.5) is 18.9 Å². The van der Waals surface area contributed by atoms with Crippen LogP contribution in [-0.4, -0.2) is 5.91 Å². The molecule has 0 aliphatic carbocycles. The molecule has 0 fully saturated rings. The molecule has 0 aliphatic rings. The van der Waals surface area contributed by atoms with Gasteiger partial charge in [-0.25, -0.2) is 13.2 Å². The number of hydrogen-bond acceptors (Lipinski definition) is 2. The Morgan fingerprint density at radius 2 is 1.71 bits per heavy atom. The van der Waals surface area contributed by atoms with Crippen LogP contribution in [0.3, 0.4) is 0 Å². The molecule has 0 heterocycles. The second-order valence-electron chi connectivity index (χ2n) is 4.57. The largest absolute Gasteiger partial charge is 0.396 e. The van der Waals surface area contributed by atoms with Crippen molar-refractivity contribution >= 4 is 11.6 Å². The van der Waals surface area contributed by atoms with Gasteiger partial charge in [0.25, 0.3) is 5.91 Å². The molecule has 0 bridgehead atoms. The van der Waals surface area contributed by atoms with Gasteiger partial charge in [0, 0.05) is 11.1 Å². The van der Waals surface area contributed by atoms with E-state index >= 15 is 0 Å². The molecule has 110 valence electrons. The zero-order valence-electron chi connectivity index (χ0n) is 11.2. The number of benzene rings is 2. The van der Waals surface area contributed by atoms with Crippen molar-refractivity contribution in [3.8, 4) is 0 Å². The fraction of sp³-hybridized carbons (Fsp3) is 0.133. The third kappa shape index (κ3) is 3.16. The van der Waals surface area contributed by atoms with Crippen molar-refractivity contribution in [2.24, 2.45) is 0 Å². The van der Waals surface area contributed by atoms with E-state index in [-0.39, 0.29) is 16.8 Å². The number of nitrogen functional groups attached to an aromatic ring is 1. The van der Waals surface area contributed by atoms with Crippen LogP contribution in [0.15, 0.2) is 36.4 Å². The monoisotopic (exact) mass is 294 g/mol. The topological polar surface area (TPSA) is 55.1 Å². The standard InChI is InChI=1S/C15H13F3N2O/c1-8(14-11(17)3-2-4-12(14)18)20-15(21)9-5-6-10(16)13(19)7-9/h2-8H,19H2,1H3,(H,20,21). The van der Waals surface area contributed by atoms with Gasteiger partial charge in [0.15, 0.2) is 0 Å². The molecular formula is C15H13F3N2O. The number of carbonyl (C=O) groups excluding carboxylic acids is 1. The summed E-state index contributed by atoms with van der Waals surface area (Å²) >= 11 is 0. The van der Waals surface area contributed by atoms with E-state index in [1.54, 1.807) is 0 Å². The van der Waals surface area contributed by atoms with Gasteiger partial charge in [-0.15, -0.1) is 0 Å². The first-order valence-electron chi connectivity index (χ1n) is 6.20. The first kappa shape index (κ1) is 14.9. The minimum atomic E-state index is -0.884. The summed E-state index contributed by atoms with van der Waals surface area (Å²) in [5.41, 5.74) is 5.07. The third-order valence-corrected chi connectivity index (χ3v) is 3.04. The summed E-state index contributed by atoms with van der Waals surface area (Å²) in [6, 6.07) is 6.03. The number of amides is 1. The van der Waals surface area contributed by atoms with Crippen molar-refractivity contribution < 1.29 is 18.0 Å². The summed E-state index contributed by atoms with van der Waals surface area (Å²) in [5, 5.41) is 2.44. The van der Waals surface area contributed by atoms with Crippen molar-refractivity contribution in [2.75, 3.05) is 5.73 Å². The predicted molar refractivity (Wildman–Crippen MR) is 73.1 cm³/mol. The Morgan fingerprint density at radius 3 is 2.29 bits per heavy atom. The lowest BCUT2D eigenvalue weighted by Crippen LogP contribution is -2.28. The molecule has 0 aromatic heterocycles. The van der Waals surface area contributed by atoms with Gasteiger partial charge in [-0.05, 0) is 37.3 Å². The van der Waals surface area contributed by atoms with Crippen LogP contribution in [0, 0.1) is 17.5 Å². The summed E-state index contributed by atoms with van der Waals surface area (Å²) in [4.78, 5) is 12.0. The fourth-order valence-corrected chi connectivity index (χ4v) is 1.96. The van der Waals surface area contributed by atoms with E-state index in [1.165, 1.54) is 19.1 Å². The zero-order chi connectivity index (χ0) is 15.6. The normalized spacial score (nSPS) is 12.0. The van der Waals surface area contributed by atoms with Crippen LogP contribution in [0.1, 0.15) is 28.9 Å². The van der Waals surface area contributed by atoms with Crippen LogP contribution in [-0.2, 0) is 0 Å². The third-order valence-electron chi connectivity index (χ3n) is 3.04. The van der Waals surface area contributed by atoms with Crippen LogP contribution < -0.4 is 11.1 Å². The molecule has 2 rings (SSSR count). The van der Waals surface area contributed by atoms with Gasteiger partial charge < -0.3 is 11.1 Å². The van der Waals surface area contributed by atoms with Gasteiger partial charge in [0.05, 0.1) is 11.7 Å². The molecule has 0 saturated carbocycles. The summed E-state index contributed by atoms with van der Waals surface area (Å²) in [6.07, 6.45) is 0. The fourth-order valence-electron chi connectivity index (χ4n) is 1.96. The molecule has 21 heavy (non-hydrogen) atoms. The molecule has 3 nitrogen and oxygen atoms in total. The molecule has 1 unspecified atom stereocenters. The van der Waals surface area contributed by atoms with Crippen molar-refractivity contribution in [3.05, 3.63) is 65.0 Å². The number of nitrogens with two attached hydrogens (primary N) is 1. The molecular weight excluding hydrogens is 281 g/mol. The molecule has 0 saturated heterocycles. The second kappa shape index (κ2) is 5.87. The average Bonchev–Trinajstić information content (AvgIpc) is 2.41. The van der Waals surface area contributed by atoms with Crippen LogP contribution in [0.2, 0.25) is 0 Å². The lowest BCUT2D eigenvalue weighted by atomic mass is 10.1. The van der Waals surface area contributed by atoms with E-state index in [0.717, 1.165) is 24.3 Å². The van der Waals surface area contributed by atoms with E-state index in [0.29, 0.717) is 0 Å². The summed E-state index contributed by atoms with van der Waals surface area (Å²) in [7, 11) is 0. The quantitative estimate of drug-likeness (QED) is 0.854. The summed E-state index contributed by atoms with van der Waals surface area (Å²) < 4.78 is 40.3. The molecule has 1 atom stereocenters. The predicted octanol–water partition coefficient (Wildman–Crippen LogP) is 3.18. The maximum atomic E-state index is 13.6. The van der Waals surface area contributed by atoms with Crippen molar-refractivity contribution in [1.82, 2.24) is 5.32 Å². The number of halogens is 3. The lowest BCUT2D eigenvalue weighted by Gasteiger charge is -2.16. The first-order chi connectivity index (χ1) is 9.90. The van der Waals surface area contributed by atoms with Crippen LogP contribution in [0.5, 0.6) is 0 Å². The Bertz CT molecular complexity index is 668. The molecule has 2 aromatic carbocycles. The first-order valence-corrected chi connectivity index (χ1v) is 6.20. The number of hydrogen-bond donors (Lipinski definition) is 2. The molecule has 6 heteroatoms. The minimum Gasteiger partial charge on any atom is -0.396 e. The molecule has 0 aliphatic heterocycles. The molecule has 0 spiro atoms. The van der Waals surface area contributed by atoms with Gasteiger partial charge in [0.2, 0.25) is 0 Å². The number of anilines is 1. The molecule has 3 N–H and O–H groups in total. The number of nitrogens with one attached hydrogen (secondary N) is 1. The summed E-state index contributed by atoms with van der Waals surface area (Å²) in [6.45, 7) is 1.45. The maximum Gasteiger partial charge on any atom is 0.251 e. The Morgan fingerprint density at radius 1 is 1.10 bits per heavy atom. The van der Waals surface area contributed by atoms with Crippen molar-refractivity contribution in [2.45, 2.75) is 13.0 Å². The summed E-state index contributed by atoms with van der Waals surface area (Å²) in [5.74, 6) is -2.74. The van der Waals surface area contributed by atoms with Gasteiger partial charge in [-0.2, -0.15) is 0 Å². The van der Waals surface area contributed by atoms with E-state index in [2.05, 4.69) is 5.32 Å². The average molecular weight is 294 g/mol. The van der Waals surface area contributed by atoms with Crippen LogP contribution >= 0.6 is 0 Å². The zero-order valence-corrected chi connectivity index (χ0v) is 11.2. The second-order valence-corrected chi connectivity index (χ2v) is 4.57. The highest BCUT2D eigenvalue weighted by Crippen LogP contribution is 2.21. The Hall–Kier alpha value is -2.50. The molecule has 2 aromatic rings. The smallest absolute Gasteiger partial charge is 0.251 e. The Kier molecular flexibility index (Phi) is 4.16. The Balaban J connectivity index is 2.21.